The Kier molecular flexibility index (Phi) is 5.13. The van der Waals surface area contributed by atoms with Crippen molar-refractivity contribution in [1.29, 1.82) is 0 Å². The largest absolute Gasteiger partial charge is 0.454 e. The van der Waals surface area contributed by atoms with Gasteiger partial charge in [-0.1, -0.05) is 29.3 Å². The minimum atomic E-state index is -3.79. The minimum absolute atomic E-state index is 0.00281. The fourth-order valence-corrected chi connectivity index (χ4v) is 5.32. The molecule has 148 valence electrons. The van der Waals surface area contributed by atoms with E-state index in [1.54, 1.807) is 29.2 Å². The molecule has 0 saturated carbocycles. The van der Waals surface area contributed by atoms with Gasteiger partial charge >= 0.3 is 0 Å². The molecule has 0 aliphatic carbocycles. The Morgan fingerprint density at radius 1 is 0.964 bits per heavy atom. The van der Waals surface area contributed by atoms with Gasteiger partial charge in [0.05, 0.1) is 10.0 Å². The highest BCUT2D eigenvalue weighted by Gasteiger charge is 2.32. The predicted octanol–water partition coefficient (Wildman–Crippen LogP) is 2.87. The summed E-state index contributed by atoms with van der Waals surface area (Å²) in [5.74, 6) is 0.949. The molecule has 10 heteroatoms. The Hall–Kier alpha value is -2.00. The lowest BCUT2D eigenvalue weighted by Gasteiger charge is -2.34. The zero-order chi connectivity index (χ0) is 19.9. The number of hydrogen-bond acceptors (Lipinski definition) is 5. The Morgan fingerprint density at radius 3 is 2.43 bits per heavy atom. The summed E-state index contributed by atoms with van der Waals surface area (Å²) in [7, 11) is -3.79. The third kappa shape index (κ3) is 3.41. The smallest absolute Gasteiger partial charge is 0.254 e. The van der Waals surface area contributed by atoms with E-state index in [-0.39, 0.29) is 53.8 Å². The Labute approximate surface area is 172 Å². The van der Waals surface area contributed by atoms with Gasteiger partial charge in [-0.25, -0.2) is 8.42 Å². The number of carbonyl (C=O) groups excluding carboxylic acids is 1. The van der Waals surface area contributed by atoms with Crippen LogP contribution in [0, 0.1) is 0 Å². The summed E-state index contributed by atoms with van der Waals surface area (Å²) in [6, 6.07) is 9.50. The fraction of sp³-hybridized carbons (Fsp3) is 0.278. The molecule has 1 fully saturated rings. The van der Waals surface area contributed by atoms with Crippen molar-refractivity contribution in [1.82, 2.24) is 9.21 Å². The van der Waals surface area contributed by atoms with Crippen molar-refractivity contribution in [2.75, 3.05) is 33.0 Å². The molecule has 0 N–H and O–H groups in total. The van der Waals surface area contributed by atoms with Crippen LogP contribution >= 0.6 is 23.2 Å². The van der Waals surface area contributed by atoms with E-state index in [1.165, 1.54) is 16.4 Å². The van der Waals surface area contributed by atoms with Gasteiger partial charge in [0.15, 0.2) is 11.5 Å². The second-order valence-electron chi connectivity index (χ2n) is 6.32. The molecular formula is C18H16Cl2N2O5S. The second kappa shape index (κ2) is 7.44. The van der Waals surface area contributed by atoms with Crippen molar-refractivity contribution in [3.05, 3.63) is 52.0 Å². The number of hydrogen-bond donors (Lipinski definition) is 0. The molecule has 0 atom stereocenters. The number of piperazine rings is 1. The van der Waals surface area contributed by atoms with Crippen molar-refractivity contribution in [3.63, 3.8) is 0 Å². The molecule has 1 amide bonds. The van der Waals surface area contributed by atoms with Crippen LogP contribution in [0.2, 0.25) is 10.0 Å². The number of ether oxygens (including phenoxy) is 2. The number of amides is 1. The molecule has 2 aliphatic rings. The van der Waals surface area contributed by atoms with Crippen LogP contribution in [-0.2, 0) is 10.0 Å². The van der Waals surface area contributed by atoms with Gasteiger partial charge in [-0.2, -0.15) is 4.31 Å². The van der Waals surface area contributed by atoms with Crippen LogP contribution in [0.1, 0.15) is 10.4 Å². The zero-order valence-electron chi connectivity index (χ0n) is 14.6. The van der Waals surface area contributed by atoms with Gasteiger partial charge in [0.1, 0.15) is 4.90 Å². The molecule has 28 heavy (non-hydrogen) atoms. The van der Waals surface area contributed by atoms with E-state index in [2.05, 4.69) is 0 Å². The van der Waals surface area contributed by atoms with Crippen LogP contribution in [0.15, 0.2) is 41.3 Å². The predicted molar refractivity (Wildman–Crippen MR) is 104 cm³/mol. The summed E-state index contributed by atoms with van der Waals surface area (Å²) in [5, 5.41) is 0.183. The van der Waals surface area contributed by atoms with Crippen molar-refractivity contribution in [3.8, 4) is 11.5 Å². The molecule has 0 unspecified atom stereocenters. The van der Waals surface area contributed by atoms with Crippen LogP contribution in [0.5, 0.6) is 11.5 Å². The van der Waals surface area contributed by atoms with Crippen molar-refractivity contribution in [2.24, 2.45) is 0 Å². The summed E-state index contributed by atoms with van der Waals surface area (Å²) < 4.78 is 37.6. The standard InChI is InChI=1S/C18H16Cl2N2O5S/c19-13-2-1-3-16(17(13)20)28(24,25)22-8-6-21(7-9-22)18(23)12-4-5-14-15(10-12)27-11-26-14/h1-5,10H,6-9,11H2. The van der Waals surface area contributed by atoms with Gasteiger partial charge < -0.3 is 14.4 Å². The number of nitrogens with zero attached hydrogens (tertiary/aromatic N) is 2. The van der Waals surface area contributed by atoms with E-state index >= 15 is 0 Å². The zero-order valence-corrected chi connectivity index (χ0v) is 16.9. The fourth-order valence-electron chi connectivity index (χ4n) is 3.17. The lowest BCUT2D eigenvalue weighted by atomic mass is 10.1. The van der Waals surface area contributed by atoms with Crippen LogP contribution in [0.4, 0.5) is 0 Å². The van der Waals surface area contributed by atoms with Gasteiger partial charge in [-0.3, -0.25) is 4.79 Å². The third-order valence-corrected chi connectivity index (χ3v) is 7.55. The molecule has 2 heterocycles. The minimum Gasteiger partial charge on any atom is -0.454 e. The lowest BCUT2D eigenvalue weighted by Crippen LogP contribution is -2.50. The van der Waals surface area contributed by atoms with Crippen LogP contribution in [-0.4, -0.2) is 56.5 Å². The normalized spacial score (nSPS) is 17.0. The number of sulfonamides is 1. The number of rotatable bonds is 3. The first kappa shape index (κ1) is 19.3. The van der Waals surface area contributed by atoms with Gasteiger partial charge in [-0.15, -0.1) is 0 Å². The third-order valence-electron chi connectivity index (χ3n) is 4.68. The molecule has 2 aliphatic heterocycles. The quantitative estimate of drug-likeness (QED) is 0.730. The van der Waals surface area contributed by atoms with Gasteiger partial charge in [0.25, 0.3) is 5.91 Å². The number of fused-ring (bicyclic) bond motifs is 1. The first-order valence-electron chi connectivity index (χ1n) is 8.51. The average molecular weight is 443 g/mol. The van der Waals surface area contributed by atoms with E-state index in [4.69, 9.17) is 32.7 Å². The Balaban J connectivity index is 1.47. The first-order valence-corrected chi connectivity index (χ1v) is 10.7. The highest BCUT2D eigenvalue weighted by Crippen LogP contribution is 2.33. The van der Waals surface area contributed by atoms with Crippen molar-refractivity contribution < 1.29 is 22.7 Å². The van der Waals surface area contributed by atoms with Gasteiger partial charge in [-0.05, 0) is 30.3 Å². The molecule has 0 radical (unpaired) electrons. The number of carbonyl (C=O) groups is 1. The topological polar surface area (TPSA) is 76.2 Å². The summed E-state index contributed by atoms with van der Waals surface area (Å²) in [5.41, 5.74) is 0.471. The maximum absolute atomic E-state index is 12.9. The molecule has 4 rings (SSSR count). The lowest BCUT2D eigenvalue weighted by molar-refractivity contribution is 0.0697. The molecule has 2 aromatic carbocycles. The van der Waals surface area contributed by atoms with Gasteiger partial charge in [0.2, 0.25) is 16.8 Å². The maximum atomic E-state index is 12.9. The summed E-state index contributed by atoms with van der Waals surface area (Å²) in [6.45, 7) is 1.01. The van der Waals surface area contributed by atoms with Gasteiger partial charge in [0, 0.05) is 31.7 Å². The van der Waals surface area contributed by atoms with Crippen LogP contribution in [0.25, 0.3) is 0 Å². The monoisotopic (exact) mass is 442 g/mol. The molecule has 0 aromatic heterocycles. The second-order valence-corrected chi connectivity index (χ2v) is 9.01. The van der Waals surface area contributed by atoms with E-state index < -0.39 is 10.0 Å². The highest BCUT2D eigenvalue weighted by molar-refractivity contribution is 7.89. The number of halogens is 2. The average Bonchev–Trinajstić information content (AvgIpc) is 3.17. The number of benzene rings is 2. The summed E-state index contributed by atoms with van der Waals surface area (Å²) in [6.07, 6.45) is 0. The Bertz CT molecular complexity index is 1040. The van der Waals surface area contributed by atoms with E-state index in [1.807, 2.05) is 0 Å². The molecule has 0 bridgehead atoms. The van der Waals surface area contributed by atoms with Crippen molar-refractivity contribution >= 4 is 39.1 Å². The van der Waals surface area contributed by atoms with Crippen LogP contribution in [0.3, 0.4) is 0 Å². The Morgan fingerprint density at radius 2 is 1.68 bits per heavy atom. The summed E-state index contributed by atoms with van der Waals surface area (Å²) in [4.78, 5) is 14.3. The molecule has 7 nitrogen and oxygen atoms in total. The van der Waals surface area contributed by atoms with E-state index in [0.29, 0.717) is 17.1 Å². The molecule has 2 aromatic rings. The SMILES string of the molecule is O=C(c1ccc2c(c1)OCO2)N1CCN(S(=O)(=O)c2cccc(Cl)c2Cl)CC1. The van der Waals surface area contributed by atoms with Crippen LogP contribution < -0.4 is 9.47 Å². The van der Waals surface area contributed by atoms with Crippen molar-refractivity contribution in [2.45, 2.75) is 4.90 Å². The van der Waals surface area contributed by atoms with E-state index in [9.17, 15) is 13.2 Å². The molecular weight excluding hydrogens is 427 g/mol. The van der Waals surface area contributed by atoms with E-state index in [0.717, 1.165) is 0 Å². The maximum Gasteiger partial charge on any atom is 0.254 e. The first-order chi connectivity index (χ1) is 13.4. The molecule has 1 saturated heterocycles. The highest BCUT2D eigenvalue weighted by atomic mass is 35.5. The molecule has 0 spiro atoms. The summed E-state index contributed by atoms with van der Waals surface area (Å²) >= 11 is 12.0.